The number of hydrogen-bond donors (Lipinski definition) is 2. The van der Waals surface area contributed by atoms with E-state index >= 15 is 0 Å². The minimum Gasteiger partial charge on any atom is -0.494 e. The average Bonchev–Trinajstić information content (AvgIpc) is 2.86. The Kier molecular flexibility index (Phi) is 5.40. The molecule has 2 rings (SSSR count). The van der Waals surface area contributed by atoms with Gasteiger partial charge in [0.15, 0.2) is 0 Å². The number of hydrogen-bond acceptors (Lipinski definition) is 3. The van der Waals surface area contributed by atoms with Crippen LogP contribution < -0.4 is 15.4 Å². The first-order valence-electron chi connectivity index (χ1n) is 8.57. The molecule has 0 radical (unpaired) electrons. The van der Waals surface area contributed by atoms with Crippen molar-refractivity contribution in [1.29, 1.82) is 0 Å². The lowest BCUT2D eigenvalue weighted by molar-refractivity contribution is 0.340. The summed E-state index contributed by atoms with van der Waals surface area (Å²) in [6.07, 6.45) is 4.34. The van der Waals surface area contributed by atoms with Crippen LogP contribution in [0, 0.1) is 11.8 Å². The molecule has 0 spiro atoms. The molecule has 3 heteroatoms. The fraction of sp³-hybridized carbons (Fsp3) is 0.500. The first kappa shape index (κ1) is 17.5. The molecule has 0 aromatic heterocycles. The Labute approximate surface area is 140 Å². The monoisotopic (exact) mass is 314 g/mol. The van der Waals surface area contributed by atoms with E-state index in [9.17, 15) is 0 Å². The zero-order chi connectivity index (χ0) is 17.0. The van der Waals surface area contributed by atoms with Gasteiger partial charge in [-0.1, -0.05) is 45.9 Å². The quantitative estimate of drug-likeness (QED) is 0.809. The summed E-state index contributed by atoms with van der Waals surface area (Å²) in [7, 11) is 0. The number of ether oxygens (including phenoxy) is 1. The molecule has 0 saturated heterocycles. The van der Waals surface area contributed by atoms with E-state index in [0.717, 1.165) is 5.75 Å². The summed E-state index contributed by atoms with van der Waals surface area (Å²) in [5.74, 6) is 1.89. The van der Waals surface area contributed by atoms with Crippen LogP contribution >= 0.6 is 0 Å². The van der Waals surface area contributed by atoms with Crippen molar-refractivity contribution in [3.8, 4) is 5.75 Å². The molecular formula is C20H30N2O. The van der Waals surface area contributed by atoms with Crippen molar-refractivity contribution in [2.45, 2.75) is 47.2 Å². The van der Waals surface area contributed by atoms with Crippen LogP contribution in [-0.2, 0) is 0 Å². The smallest absolute Gasteiger partial charge is 0.124 e. The molecular weight excluding hydrogens is 284 g/mol. The summed E-state index contributed by atoms with van der Waals surface area (Å²) < 4.78 is 5.48. The molecule has 1 aliphatic rings. The molecule has 1 aromatic carbocycles. The lowest BCUT2D eigenvalue weighted by Crippen LogP contribution is -2.46. The second kappa shape index (κ2) is 7.12. The van der Waals surface area contributed by atoms with E-state index < -0.39 is 0 Å². The van der Waals surface area contributed by atoms with E-state index in [-0.39, 0.29) is 5.66 Å². The van der Waals surface area contributed by atoms with Crippen LogP contribution in [0.25, 0.3) is 6.08 Å². The number of rotatable bonds is 6. The third kappa shape index (κ3) is 4.31. The summed E-state index contributed by atoms with van der Waals surface area (Å²) in [6.45, 7) is 13.8. The molecule has 0 atom stereocenters. The Balaban J connectivity index is 2.11. The number of nitrogens with one attached hydrogen (secondary N) is 2. The Hall–Kier alpha value is -1.90. The van der Waals surface area contributed by atoms with Crippen molar-refractivity contribution in [2.24, 2.45) is 11.8 Å². The molecule has 23 heavy (non-hydrogen) atoms. The highest BCUT2D eigenvalue weighted by molar-refractivity contribution is 5.52. The highest BCUT2D eigenvalue weighted by atomic mass is 16.5. The van der Waals surface area contributed by atoms with Gasteiger partial charge in [-0.25, -0.2) is 0 Å². The summed E-state index contributed by atoms with van der Waals surface area (Å²) in [5.41, 5.74) is 3.57. The van der Waals surface area contributed by atoms with E-state index in [2.05, 4.69) is 69.5 Å². The Bertz CT molecular complexity index is 562. The van der Waals surface area contributed by atoms with Gasteiger partial charge in [0.05, 0.1) is 6.61 Å². The molecule has 0 amide bonds. The summed E-state index contributed by atoms with van der Waals surface area (Å²) in [5, 5.41) is 7.31. The van der Waals surface area contributed by atoms with Crippen molar-refractivity contribution >= 4 is 6.08 Å². The minimum atomic E-state index is -0.238. The zero-order valence-electron chi connectivity index (χ0n) is 15.2. The second-order valence-corrected chi connectivity index (χ2v) is 6.92. The van der Waals surface area contributed by atoms with Gasteiger partial charge < -0.3 is 15.4 Å². The highest BCUT2D eigenvalue weighted by Crippen LogP contribution is 2.28. The lowest BCUT2D eigenvalue weighted by Gasteiger charge is -2.25. The molecule has 0 fully saturated rings. The lowest BCUT2D eigenvalue weighted by atomic mass is 10.0. The maximum Gasteiger partial charge on any atom is 0.124 e. The van der Waals surface area contributed by atoms with Crippen molar-refractivity contribution in [3.63, 3.8) is 0 Å². The van der Waals surface area contributed by atoms with Gasteiger partial charge in [0, 0.05) is 11.4 Å². The maximum absolute atomic E-state index is 5.48. The standard InChI is InChI=1S/C20H30N2O/c1-7-23-17-10-8-16(9-11-17)12-13-20(6)21-18(14(2)3)19(22-20)15(4)5/h8-15,21-22H,7H2,1-6H3. The second-order valence-electron chi connectivity index (χ2n) is 6.92. The van der Waals surface area contributed by atoms with Crippen molar-refractivity contribution in [1.82, 2.24) is 10.6 Å². The predicted octanol–water partition coefficient (Wildman–Crippen LogP) is 4.53. The van der Waals surface area contributed by atoms with Gasteiger partial charge in [0.1, 0.15) is 11.4 Å². The molecule has 1 aromatic rings. The van der Waals surface area contributed by atoms with Gasteiger partial charge >= 0.3 is 0 Å². The number of allylic oxidation sites excluding steroid dienone is 2. The molecule has 3 nitrogen and oxygen atoms in total. The van der Waals surface area contributed by atoms with Gasteiger partial charge in [0.25, 0.3) is 0 Å². The third-order valence-electron chi connectivity index (χ3n) is 4.03. The average molecular weight is 314 g/mol. The van der Waals surface area contributed by atoms with Crippen molar-refractivity contribution in [2.75, 3.05) is 6.61 Å². The van der Waals surface area contributed by atoms with Crippen LogP contribution in [0.5, 0.6) is 5.75 Å². The third-order valence-corrected chi connectivity index (χ3v) is 4.03. The van der Waals surface area contributed by atoms with E-state index in [1.807, 2.05) is 19.1 Å². The largest absolute Gasteiger partial charge is 0.494 e. The number of benzene rings is 1. The van der Waals surface area contributed by atoms with Gasteiger partial charge in [0.2, 0.25) is 0 Å². The van der Waals surface area contributed by atoms with E-state index in [0.29, 0.717) is 18.4 Å². The van der Waals surface area contributed by atoms with E-state index in [4.69, 9.17) is 4.74 Å². The minimum absolute atomic E-state index is 0.238. The first-order chi connectivity index (χ1) is 10.8. The SMILES string of the molecule is CCOc1ccc(C=CC2(C)NC(C(C)C)=C(C(C)C)N2)cc1. The molecule has 1 heterocycles. The summed E-state index contributed by atoms with van der Waals surface area (Å²) >= 11 is 0. The summed E-state index contributed by atoms with van der Waals surface area (Å²) in [4.78, 5) is 0. The van der Waals surface area contributed by atoms with Crippen LogP contribution in [0.2, 0.25) is 0 Å². The predicted molar refractivity (Wildman–Crippen MR) is 98.0 cm³/mol. The van der Waals surface area contributed by atoms with Crippen LogP contribution in [0.4, 0.5) is 0 Å². The molecule has 2 N–H and O–H groups in total. The van der Waals surface area contributed by atoms with E-state index in [1.165, 1.54) is 17.0 Å². The zero-order valence-corrected chi connectivity index (χ0v) is 15.2. The normalized spacial score (nSPS) is 17.0. The van der Waals surface area contributed by atoms with Gasteiger partial charge in [-0.3, -0.25) is 0 Å². The van der Waals surface area contributed by atoms with Crippen LogP contribution in [0.3, 0.4) is 0 Å². The van der Waals surface area contributed by atoms with Gasteiger partial charge in [-0.15, -0.1) is 0 Å². The molecule has 0 unspecified atom stereocenters. The molecule has 0 saturated carbocycles. The molecule has 0 aliphatic carbocycles. The van der Waals surface area contributed by atoms with Gasteiger partial charge in [-0.2, -0.15) is 0 Å². The highest BCUT2D eigenvalue weighted by Gasteiger charge is 2.32. The Morgan fingerprint density at radius 1 is 1.00 bits per heavy atom. The van der Waals surface area contributed by atoms with Crippen LogP contribution in [0.1, 0.15) is 47.1 Å². The Morgan fingerprint density at radius 3 is 1.96 bits per heavy atom. The molecule has 0 bridgehead atoms. The van der Waals surface area contributed by atoms with Crippen molar-refractivity contribution < 1.29 is 4.74 Å². The first-order valence-corrected chi connectivity index (χ1v) is 8.57. The van der Waals surface area contributed by atoms with E-state index in [1.54, 1.807) is 0 Å². The molecule has 126 valence electrons. The van der Waals surface area contributed by atoms with Crippen molar-refractivity contribution in [3.05, 3.63) is 47.3 Å². The van der Waals surface area contributed by atoms with Gasteiger partial charge in [-0.05, 0) is 49.5 Å². The topological polar surface area (TPSA) is 33.3 Å². The Morgan fingerprint density at radius 2 is 1.52 bits per heavy atom. The summed E-state index contributed by atoms with van der Waals surface area (Å²) in [6, 6.07) is 8.19. The molecule has 1 aliphatic heterocycles. The fourth-order valence-corrected chi connectivity index (χ4v) is 2.82. The van der Waals surface area contributed by atoms with Crippen LogP contribution in [-0.4, -0.2) is 12.3 Å². The van der Waals surface area contributed by atoms with Crippen LogP contribution in [0.15, 0.2) is 41.7 Å². The fourth-order valence-electron chi connectivity index (χ4n) is 2.82. The maximum atomic E-state index is 5.48.